The molecular formula is C23H55N3Si2. The van der Waals surface area contributed by atoms with Crippen LogP contribution >= 0.6 is 0 Å². The molecular weight excluding hydrogens is 374 g/mol. The average Bonchev–Trinajstić information content (AvgIpc) is 2.61. The average molecular weight is 430 g/mol. The summed E-state index contributed by atoms with van der Waals surface area (Å²) >= 11 is 0. The Morgan fingerprint density at radius 1 is 0.500 bits per heavy atom. The lowest BCUT2D eigenvalue weighted by Crippen LogP contribution is -2.80. The Bertz CT molecular complexity index is 364. The molecule has 28 heavy (non-hydrogen) atoms. The molecule has 0 N–H and O–H groups in total. The summed E-state index contributed by atoms with van der Waals surface area (Å²) in [5.74, 6) is 0. The third-order valence-corrected chi connectivity index (χ3v) is 20.4. The molecule has 0 unspecified atom stereocenters. The van der Waals surface area contributed by atoms with Crippen LogP contribution in [0.5, 0.6) is 0 Å². The zero-order valence-electron chi connectivity index (χ0n) is 21.9. The molecule has 0 atom stereocenters. The Morgan fingerprint density at radius 2 is 0.750 bits per heavy atom. The molecule has 0 aromatic heterocycles. The van der Waals surface area contributed by atoms with E-state index in [-0.39, 0.29) is 0 Å². The molecule has 0 saturated heterocycles. The largest absolute Gasteiger partial charge is 0.321 e. The molecule has 0 saturated carbocycles. The van der Waals surface area contributed by atoms with E-state index in [0.717, 1.165) is 0 Å². The molecule has 5 heteroatoms. The van der Waals surface area contributed by atoms with Crippen LogP contribution in [0, 0.1) is 0 Å². The maximum absolute atomic E-state index is 3.22. The highest BCUT2D eigenvalue weighted by Crippen LogP contribution is 2.39. The van der Waals surface area contributed by atoms with Gasteiger partial charge in [0.1, 0.15) is 0 Å². The Hall–Kier alpha value is 0.314. The highest BCUT2D eigenvalue weighted by molar-refractivity contribution is 6.90. The van der Waals surface area contributed by atoms with Crippen LogP contribution in [0.15, 0.2) is 0 Å². The minimum absolute atomic E-state index is 0.609. The van der Waals surface area contributed by atoms with Crippen LogP contribution in [0.25, 0.3) is 0 Å². The van der Waals surface area contributed by atoms with Gasteiger partial charge in [-0.05, 0) is 61.3 Å². The highest BCUT2D eigenvalue weighted by Gasteiger charge is 2.55. The van der Waals surface area contributed by atoms with Gasteiger partial charge in [-0.15, -0.1) is 0 Å². The van der Waals surface area contributed by atoms with E-state index in [0.29, 0.717) is 24.2 Å². The van der Waals surface area contributed by atoms with Crippen LogP contribution in [0.4, 0.5) is 0 Å². The van der Waals surface area contributed by atoms with Gasteiger partial charge in [-0.2, -0.15) is 0 Å². The van der Waals surface area contributed by atoms with Crippen molar-refractivity contribution in [2.24, 2.45) is 0 Å². The fraction of sp³-hybridized carbons (Fsp3) is 1.00. The van der Waals surface area contributed by atoms with E-state index < -0.39 is 16.8 Å². The summed E-state index contributed by atoms with van der Waals surface area (Å²) in [6, 6.07) is 7.76. The molecule has 170 valence electrons. The lowest BCUT2D eigenvalue weighted by molar-refractivity contribution is 0.235. The molecule has 0 amide bonds. The first kappa shape index (κ1) is 28.3. The molecule has 0 spiro atoms. The predicted molar refractivity (Wildman–Crippen MR) is 135 cm³/mol. The van der Waals surface area contributed by atoms with E-state index in [4.69, 9.17) is 0 Å². The molecule has 0 radical (unpaired) electrons. The van der Waals surface area contributed by atoms with Crippen molar-refractivity contribution in [2.75, 3.05) is 6.54 Å². The summed E-state index contributed by atoms with van der Waals surface area (Å²) in [4.78, 5) is 0. The quantitative estimate of drug-likeness (QED) is 0.278. The van der Waals surface area contributed by atoms with Gasteiger partial charge in [0.05, 0.1) is 0 Å². The number of hydrogen-bond acceptors (Lipinski definition) is 3. The smallest absolute Gasteiger partial charge is 0.200 e. The van der Waals surface area contributed by atoms with Crippen LogP contribution < -0.4 is 0 Å². The van der Waals surface area contributed by atoms with E-state index in [9.17, 15) is 0 Å². The second-order valence-corrected chi connectivity index (χ2v) is 19.0. The van der Waals surface area contributed by atoms with Crippen molar-refractivity contribution in [3.63, 3.8) is 0 Å². The van der Waals surface area contributed by atoms with Crippen molar-refractivity contribution in [2.45, 2.75) is 145 Å². The Kier molecular flexibility index (Phi) is 12.4. The molecule has 0 bridgehead atoms. The summed E-state index contributed by atoms with van der Waals surface area (Å²) in [5, 5.41) is 0. The van der Waals surface area contributed by atoms with E-state index >= 15 is 0 Å². The lowest BCUT2D eigenvalue weighted by Gasteiger charge is -2.62. The summed E-state index contributed by atoms with van der Waals surface area (Å²) in [6.07, 6.45) is 1.26. The third-order valence-electron chi connectivity index (χ3n) is 6.90. The second-order valence-electron chi connectivity index (χ2n) is 9.72. The molecule has 0 aliphatic heterocycles. The molecule has 3 nitrogen and oxygen atoms in total. The van der Waals surface area contributed by atoms with Crippen LogP contribution in [-0.4, -0.2) is 60.9 Å². The third kappa shape index (κ3) is 5.51. The van der Waals surface area contributed by atoms with Gasteiger partial charge in [0.15, 0.2) is 0 Å². The summed E-state index contributed by atoms with van der Waals surface area (Å²) in [7, 11) is -3.59. The normalized spacial score (nSPS) is 14.1. The highest BCUT2D eigenvalue weighted by atomic mass is 28.4. The van der Waals surface area contributed by atoms with Gasteiger partial charge in [-0.3, -0.25) is 0 Å². The lowest BCUT2D eigenvalue weighted by atomic mass is 10.3. The number of nitrogens with zero attached hydrogens (tertiary/aromatic N) is 3. The van der Waals surface area contributed by atoms with Gasteiger partial charge in [-0.1, -0.05) is 90.0 Å². The Labute approximate surface area is 181 Å². The van der Waals surface area contributed by atoms with Gasteiger partial charge in [0.25, 0.3) is 0 Å². The van der Waals surface area contributed by atoms with Crippen molar-refractivity contribution in [3.8, 4) is 0 Å². The first-order chi connectivity index (χ1) is 13.0. The Balaban J connectivity index is 6.91. The maximum atomic E-state index is 3.22. The van der Waals surface area contributed by atoms with E-state index in [1.54, 1.807) is 0 Å². The fourth-order valence-electron chi connectivity index (χ4n) is 6.41. The van der Waals surface area contributed by atoms with Crippen LogP contribution in [-0.2, 0) is 0 Å². The standard InChI is InChI=1S/C23H55N3Si2/c1-14-19-24(27(15-2,16-3)25(20(6)7)21(8)9)28(17-4,18-5)26(22(10)11)23(12)13/h20-23H,14-19H2,1-13H3. The van der Waals surface area contributed by atoms with Gasteiger partial charge in [0, 0.05) is 0 Å². The van der Waals surface area contributed by atoms with Crippen molar-refractivity contribution < 1.29 is 0 Å². The Morgan fingerprint density at radius 3 is 0.893 bits per heavy atom. The number of rotatable bonds is 14. The molecule has 0 aliphatic carbocycles. The van der Waals surface area contributed by atoms with Gasteiger partial charge < -0.3 is 13.4 Å². The van der Waals surface area contributed by atoms with Crippen molar-refractivity contribution in [3.05, 3.63) is 0 Å². The predicted octanol–water partition coefficient (Wildman–Crippen LogP) is 6.90. The first-order valence-electron chi connectivity index (χ1n) is 12.3. The zero-order chi connectivity index (χ0) is 22.3. The van der Waals surface area contributed by atoms with Crippen LogP contribution in [0.3, 0.4) is 0 Å². The molecule has 0 aromatic rings. The number of hydrogen-bond donors (Lipinski definition) is 0. The summed E-state index contributed by atoms with van der Waals surface area (Å²) in [6.45, 7) is 33.1. The fourth-order valence-corrected chi connectivity index (χ4v) is 21.8. The van der Waals surface area contributed by atoms with Gasteiger partial charge in [0.2, 0.25) is 16.8 Å². The van der Waals surface area contributed by atoms with Crippen molar-refractivity contribution >= 4 is 16.8 Å². The van der Waals surface area contributed by atoms with E-state index in [1.165, 1.54) is 37.1 Å². The minimum Gasteiger partial charge on any atom is -0.321 e. The van der Waals surface area contributed by atoms with E-state index in [1.807, 2.05) is 0 Å². The monoisotopic (exact) mass is 429 g/mol. The minimum atomic E-state index is -1.79. The van der Waals surface area contributed by atoms with Crippen LogP contribution in [0.1, 0.15) is 96.4 Å². The molecule has 0 aromatic carbocycles. The summed E-state index contributed by atoms with van der Waals surface area (Å²) < 4.78 is 9.18. The van der Waals surface area contributed by atoms with Gasteiger partial charge in [-0.25, -0.2) is 0 Å². The topological polar surface area (TPSA) is 9.72 Å². The second kappa shape index (κ2) is 12.2. The van der Waals surface area contributed by atoms with E-state index in [2.05, 4.69) is 103 Å². The summed E-state index contributed by atoms with van der Waals surface area (Å²) in [5.41, 5.74) is 0. The molecule has 0 heterocycles. The van der Waals surface area contributed by atoms with Crippen LogP contribution in [0.2, 0.25) is 24.2 Å². The molecule has 0 aliphatic rings. The van der Waals surface area contributed by atoms with Gasteiger partial charge >= 0.3 is 0 Å². The molecule has 0 fully saturated rings. The zero-order valence-corrected chi connectivity index (χ0v) is 23.9. The first-order valence-corrected chi connectivity index (χ1v) is 16.9. The SMILES string of the molecule is CCCN([Si](CC)(CC)N(C(C)C)C(C)C)[Si](CC)(CC)N(C(C)C)C(C)C. The maximum Gasteiger partial charge on any atom is 0.200 e. The van der Waals surface area contributed by atoms with Crippen molar-refractivity contribution in [1.82, 2.24) is 13.4 Å². The molecule has 0 rings (SSSR count). The van der Waals surface area contributed by atoms with Crippen molar-refractivity contribution in [1.29, 1.82) is 0 Å².